The van der Waals surface area contributed by atoms with Crippen molar-refractivity contribution in [1.82, 2.24) is 0 Å². The molecule has 0 spiro atoms. The summed E-state index contributed by atoms with van der Waals surface area (Å²) in [4.78, 5) is 25.6. The highest BCUT2D eigenvalue weighted by Gasteiger charge is 2.30. The molecule has 0 radical (unpaired) electrons. The molecule has 1 aliphatic carbocycles. The fourth-order valence-corrected chi connectivity index (χ4v) is 2.70. The Labute approximate surface area is 119 Å². The highest BCUT2D eigenvalue weighted by atomic mass is 16.2. The second kappa shape index (κ2) is 5.27. The number of hydrogen-bond donors (Lipinski definition) is 1. The van der Waals surface area contributed by atoms with Gasteiger partial charge in [0.25, 0.3) is 0 Å². The molecule has 106 valence electrons. The molecule has 1 aromatic carbocycles. The lowest BCUT2D eigenvalue weighted by atomic mass is 10.00. The van der Waals surface area contributed by atoms with E-state index in [1.165, 1.54) is 0 Å². The van der Waals surface area contributed by atoms with Crippen LogP contribution in [0.15, 0.2) is 18.2 Å². The van der Waals surface area contributed by atoms with Gasteiger partial charge in [-0.1, -0.05) is 6.92 Å². The van der Waals surface area contributed by atoms with E-state index in [2.05, 4.69) is 12.2 Å². The number of nitrogens with zero attached hydrogens (tertiary/aromatic N) is 1. The van der Waals surface area contributed by atoms with E-state index in [-0.39, 0.29) is 17.7 Å². The minimum absolute atomic E-state index is 0.127. The van der Waals surface area contributed by atoms with Gasteiger partial charge in [0.2, 0.25) is 11.8 Å². The number of amides is 2. The SMILES string of the molecule is CCCN1C(=O)CCc2cc(NC(=O)C3CC3)ccc21. The highest BCUT2D eigenvalue weighted by Crippen LogP contribution is 2.33. The molecule has 20 heavy (non-hydrogen) atoms. The summed E-state index contributed by atoms with van der Waals surface area (Å²) < 4.78 is 0. The Balaban J connectivity index is 1.81. The maximum atomic E-state index is 12.0. The fourth-order valence-electron chi connectivity index (χ4n) is 2.70. The highest BCUT2D eigenvalue weighted by molar-refractivity contribution is 5.98. The van der Waals surface area contributed by atoms with Gasteiger partial charge >= 0.3 is 0 Å². The van der Waals surface area contributed by atoms with Crippen LogP contribution < -0.4 is 10.2 Å². The molecule has 1 saturated carbocycles. The summed E-state index contributed by atoms with van der Waals surface area (Å²) in [5, 5.41) is 2.97. The van der Waals surface area contributed by atoms with Crippen molar-refractivity contribution >= 4 is 23.2 Å². The van der Waals surface area contributed by atoms with E-state index in [9.17, 15) is 9.59 Å². The molecule has 0 atom stereocenters. The Morgan fingerprint density at radius 1 is 1.35 bits per heavy atom. The average molecular weight is 272 g/mol. The number of benzene rings is 1. The lowest BCUT2D eigenvalue weighted by Crippen LogP contribution is -2.35. The topological polar surface area (TPSA) is 49.4 Å². The van der Waals surface area contributed by atoms with Crippen LogP contribution in [0.25, 0.3) is 0 Å². The average Bonchev–Trinajstić information content (AvgIpc) is 3.26. The third-order valence-electron chi connectivity index (χ3n) is 3.94. The molecule has 4 nitrogen and oxygen atoms in total. The molecule has 1 N–H and O–H groups in total. The number of fused-ring (bicyclic) bond motifs is 1. The van der Waals surface area contributed by atoms with E-state index in [1.807, 2.05) is 23.1 Å². The van der Waals surface area contributed by atoms with Gasteiger partial charge in [-0.15, -0.1) is 0 Å². The predicted octanol–water partition coefficient (Wildman–Crippen LogP) is 2.72. The van der Waals surface area contributed by atoms with E-state index in [1.54, 1.807) is 0 Å². The standard InChI is InChI=1S/C16H20N2O2/c1-2-9-18-14-7-6-13(17-16(20)11-3-4-11)10-12(14)5-8-15(18)19/h6-7,10-11H,2-5,8-9H2,1H3,(H,17,20). The number of hydrogen-bond acceptors (Lipinski definition) is 2. The number of aryl methyl sites for hydroxylation is 1. The Kier molecular flexibility index (Phi) is 3.47. The zero-order chi connectivity index (χ0) is 14.1. The molecule has 1 fully saturated rings. The van der Waals surface area contributed by atoms with Crippen LogP contribution >= 0.6 is 0 Å². The first-order valence-corrected chi connectivity index (χ1v) is 7.43. The summed E-state index contributed by atoms with van der Waals surface area (Å²) in [7, 11) is 0. The normalized spacial score (nSPS) is 17.9. The summed E-state index contributed by atoms with van der Waals surface area (Å²) in [6.07, 6.45) is 4.30. The molecule has 0 bridgehead atoms. The van der Waals surface area contributed by atoms with Crippen LogP contribution in [0, 0.1) is 5.92 Å². The van der Waals surface area contributed by atoms with Crippen LogP contribution in [0.3, 0.4) is 0 Å². The van der Waals surface area contributed by atoms with Crippen LogP contribution in [0.5, 0.6) is 0 Å². The Morgan fingerprint density at radius 2 is 2.15 bits per heavy atom. The molecule has 1 aromatic rings. The second-order valence-electron chi connectivity index (χ2n) is 5.65. The summed E-state index contributed by atoms with van der Waals surface area (Å²) in [5.74, 6) is 0.542. The molecule has 2 amide bonds. The van der Waals surface area contributed by atoms with Gasteiger partial charge in [0.1, 0.15) is 0 Å². The summed E-state index contributed by atoms with van der Waals surface area (Å²) in [6.45, 7) is 2.84. The van der Waals surface area contributed by atoms with Crippen LogP contribution in [-0.2, 0) is 16.0 Å². The summed E-state index contributed by atoms with van der Waals surface area (Å²) in [5.41, 5.74) is 3.02. The molecular weight excluding hydrogens is 252 g/mol. The number of carbonyl (C=O) groups excluding carboxylic acids is 2. The minimum Gasteiger partial charge on any atom is -0.326 e. The zero-order valence-corrected chi connectivity index (χ0v) is 11.8. The summed E-state index contributed by atoms with van der Waals surface area (Å²) >= 11 is 0. The van der Waals surface area contributed by atoms with Crippen LogP contribution in [0.4, 0.5) is 11.4 Å². The van der Waals surface area contributed by atoms with Crippen molar-refractivity contribution in [2.24, 2.45) is 5.92 Å². The first-order chi connectivity index (χ1) is 9.69. The Bertz CT molecular complexity index is 549. The molecule has 0 saturated heterocycles. The number of carbonyl (C=O) groups is 2. The summed E-state index contributed by atoms with van der Waals surface area (Å²) in [6, 6.07) is 5.88. The largest absolute Gasteiger partial charge is 0.326 e. The maximum absolute atomic E-state index is 12.0. The molecule has 3 rings (SSSR count). The van der Waals surface area contributed by atoms with Gasteiger partial charge in [0, 0.05) is 30.3 Å². The number of anilines is 2. The molecule has 0 unspecified atom stereocenters. The lowest BCUT2D eigenvalue weighted by Gasteiger charge is -2.29. The first-order valence-electron chi connectivity index (χ1n) is 7.43. The van der Waals surface area contributed by atoms with Crippen molar-refractivity contribution in [3.8, 4) is 0 Å². The molecule has 2 aliphatic rings. The molecule has 1 heterocycles. The maximum Gasteiger partial charge on any atom is 0.227 e. The van der Waals surface area contributed by atoms with E-state index in [0.717, 1.165) is 49.2 Å². The van der Waals surface area contributed by atoms with Crippen molar-refractivity contribution in [3.05, 3.63) is 23.8 Å². The van der Waals surface area contributed by atoms with Crippen LogP contribution in [0.2, 0.25) is 0 Å². The second-order valence-corrected chi connectivity index (χ2v) is 5.65. The van der Waals surface area contributed by atoms with Gasteiger partial charge < -0.3 is 10.2 Å². The van der Waals surface area contributed by atoms with Crippen LogP contribution in [0.1, 0.15) is 38.2 Å². The van der Waals surface area contributed by atoms with Gasteiger partial charge in [-0.3, -0.25) is 9.59 Å². The van der Waals surface area contributed by atoms with Crippen LogP contribution in [-0.4, -0.2) is 18.4 Å². The molecule has 0 aromatic heterocycles. The number of nitrogens with one attached hydrogen (secondary N) is 1. The first kappa shape index (κ1) is 13.2. The van der Waals surface area contributed by atoms with E-state index in [0.29, 0.717) is 6.42 Å². The molecular formula is C16H20N2O2. The van der Waals surface area contributed by atoms with E-state index < -0.39 is 0 Å². The Hall–Kier alpha value is -1.84. The molecule has 4 heteroatoms. The van der Waals surface area contributed by atoms with Crippen molar-refractivity contribution in [2.75, 3.05) is 16.8 Å². The fraction of sp³-hybridized carbons (Fsp3) is 0.500. The van der Waals surface area contributed by atoms with Crippen molar-refractivity contribution in [3.63, 3.8) is 0 Å². The predicted molar refractivity (Wildman–Crippen MR) is 78.8 cm³/mol. The quantitative estimate of drug-likeness (QED) is 0.916. The number of rotatable bonds is 4. The van der Waals surface area contributed by atoms with Crippen molar-refractivity contribution < 1.29 is 9.59 Å². The van der Waals surface area contributed by atoms with Gasteiger partial charge in [-0.2, -0.15) is 0 Å². The van der Waals surface area contributed by atoms with E-state index >= 15 is 0 Å². The van der Waals surface area contributed by atoms with Crippen molar-refractivity contribution in [1.29, 1.82) is 0 Å². The van der Waals surface area contributed by atoms with Gasteiger partial charge in [-0.05, 0) is 49.4 Å². The smallest absolute Gasteiger partial charge is 0.227 e. The Morgan fingerprint density at radius 3 is 2.85 bits per heavy atom. The van der Waals surface area contributed by atoms with Gasteiger partial charge in [-0.25, -0.2) is 0 Å². The van der Waals surface area contributed by atoms with E-state index in [4.69, 9.17) is 0 Å². The van der Waals surface area contributed by atoms with Gasteiger partial charge in [0.05, 0.1) is 0 Å². The van der Waals surface area contributed by atoms with Crippen molar-refractivity contribution in [2.45, 2.75) is 39.0 Å². The minimum atomic E-state index is 0.127. The third kappa shape index (κ3) is 2.55. The monoisotopic (exact) mass is 272 g/mol. The van der Waals surface area contributed by atoms with Gasteiger partial charge in [0.15, 0.2) is 0 Å². The lowest BCUT2D eigenvalue weighted by molar-refractivity contribution is -0.119. The molecule has 1 aliphatic heterocycles. The third-order valence-corrected chi connectivity index (χ3v) is 3.94. The zero-order valence-electron chi connectivity index (χ0n) is 11.8.